The third-order valence-electron chi connectivity index (χ3n) is 3.21. The molecule has 0 radical (unpaired) electrons. The molecule has 0 bridgehead atoms. The van der Waals surface area contributed by atoms with Gasteiger partial charge in [0, 0.05) is 11.9 Å². The molecule has 2 aromatic carbocycles. The molecule has 1 amide bonds. The van der Waals surface area contributed by atoms with Crippen LogP contribution in [0.5, 0.6) is 5.75 Å². The lowest BCUT2D eigenvalue weighted by Gasteiger charge is -2.13. The minimum absolute atomic E-state index is 0.0474. The Morgan fingerprint density at radius 2 is 1.90 bits per heavy atom. The number of rotatable bonds is 6. The van der Waals surface area contributed by atoms with E-state index in [2.05, 4.69) is 5.32 Å². The average molecular weight is 285 g/mol. The summed E-state index contributed by atoms with van der Waals surface area (Å²) in [5.74, 6) is 0.459. The number of fused-ring (bicyclic) bond motifs is 1. The second-order valence-corrected chi connectivity index (χ2v) is 4.77. The van der Waals surface area contributed by atoms with Gasteiger partial charge in [0.1, 0.15) is 5.75 Å². The molecule has 0 aliphatic rings. The van der Waals surface area contributed by atoms with Gasteiger partial charge in [-0.05, 0) is 25.3 Å². The van der Waals surface area contributed by atoms with E-state index in [4.69, 9.17) is 4.74 Å². The zero-order valence-electron chi connectivity index (χ0n) is 12.3. The fourth-order valence-electron chi connectivity index (χ4n) is 2.21. The van der Waals surface area contributed by atoms with Gasteiger partial charge in [0.15, 0.2) is 5.78 Å². The van der Waals surface area contributed by atoms with Gasteiger partial charge in [-0.25, -0.2) is 0 Å². The Morgan fingerprint density at radius 1 is 1.14 bits per heavy atom. The van der Waals surface area contributed by atoms with E-state index < -0.39 is 0 Å². The van der Waals surface area contributed by atoms with Crippen LogP contribution in [-0.2, 0) is 4.79 Å². The summed E-state index contributed by atoms with van der Waals surface area (Å²) in [5.41, 5.74) is 0.546. The van der Waals surface area contributed by atoms with Crippen LogP contribution in [0.2, 0.25) is 0 Å². The van der Waals surface area contributed by atoms with Crippen molar-refractivity contribution in [2.24, 2.45) is 0 Å². The summed E-state index contributed by atoms with van der Waals surface area (Å²) >= 11 is 0. The zero-order chi connectivity index (χ0) is 15.2. The standard InChI is InChI=1S/C17H19NO3/c1-3-18-16(20)10-11-21-17-14(12(2)19)9-8-13-6-4-5-7-15(13)17/h4-9H,3,10-11H2,1-2H3,(H,18,20). The highest BCUT2D eigenvalue weighted by Crippen LogP contribution is 2.30. The average Bonchev–Trinajstić information content (AvgIpc) is 2.47. The Hall–Kier alpha value is -2.36. The molecule has 0 aliphatic heterocycles. The predicted octanol–water partition coefficient (Wildman–Crippen LogP) is 2.95. The summed E-state index contributed by atoms with van der Waals surface area (Å²) in [4.78, 5) is 23.2. The second-order valence-electron chi connectivity index (χ2n) is 4.77. The molecule has 0 saturated carbocycles. The van der Waals surface area contributed by atoms with E-state index in [9.17, 15) is 9.59 Å². The Labute approximate surface area is 124 Å². The first-order valence-corrected chi connectivity index (χ1v) is 7.05. The van der Waals surface area contributed by atoms with E-state index in [0.29, 0.717) is 17.9 Å². The van der Waals surface area contributed by atoms with Crippen molar-refractivity contribution >= 4 is 22.5 Å². The number of Topliss-reactive ketones (excluding diaryl/α,β-unsaturated/α-hetero) is 1. The lowest BCUT2D eigenvalue weighted by Crippen LogP contribution is -2.24. The van der Waals surface area contributed by atoms with E-state index in [1.54, 1.807) is 6.07 Å². The Balaban J connectivity index is 2.25. The van der Waals surface area contributed by atoms with Gasteiger partial charge in [-0.3, -0.25) is 9.59 Å². The molecule has 4 heteroatoms. The molecule has 0 aliphatic carbocycles. The molecule has 110 valence electrons. The van der Waals surface area contributed by atoms with E-state index >= 15 is 0 Å². The van der Waals surface area contributed by atoms with Gasteiger partial charge in [-0.2, -0.15) is 0 Å². The van der Waals surface area contributed by atoms with Gasteiger partial charge in [0.25, 0.3) is 0 Å². The monoisotopic (exact) mass is 285 g/mol. The van der Waals surface area contributed by atoms with Crippen LogP contribution in [0, 0.1) is 0 Å². The summed E-state index contributed by atoms with van der Waals surface area (Å²) in [5, 5.41) is 4.62. The fourth-order valence-corrected chi connectivity index (χ4v) is 2.21. The minimum atomic E-state index is -0.0536. The van der Waals surface area contributed by atoms with E-state index in [1.807, 2.05) is 37.3 Å². The highest BCUT2D eigenvalue weighted by atomic mass is 16.5. The molecule has 0 heterocycles. The molecule has 0 saturated heterocycles. The van der Waals surface area contributed by atoms with Crippen LogP contribution in [-0.4, -0.2) is 24.8 Å². The van der Waals surface area contributed by atoms with Crippen molar-refractivity contribution in [3.05, 3.63) is 42.0 Å². The molecular weight excluding hydrogens is 266 g/mol. The molecular formula is C17H19NO3. The second kappa shape index (κ2) is 6.88. The largest absolute Gasteiger partial charge is 0.492 e. The summed E-state index contributed by atoms with van der Waals surface area (Å²) in [7, 11) is 0. The summed E-state index contributed by atoms with van der Waals surface area (Å²) < 4.78 is 5.75. The van der Waals surface area contributed by atoms with Crippen LogP contribution >= 0.6 is 0 Å². The van der Waals surface area contributed by atoms with Crippen LogP contribution in [0.15, 0.2) is 36.4 Å². The van der Waals surface area contributed by atoms with Crippen molar-refractivity contribution in [1.29, 1.82) is 0 Å². The lowest BCUT2D eigenvalue weighted by molar-refractivity contribution is -0.121. The topological polar surface area (TPSA) is 55.4 Å². The maximum atomic E-state index is 11.8. The number of amides is 1. The molecule has 21 heavy (non-hydrogen) atoms. The first-order chi connectivity index (χ1) is 10.1. The zero-order valence-corrected chi connectivity index (χ0v) is 12.3. The number of ketones is 1. The number of carbonyl (C=O) groups is 2. The van der Waals surface area contributed by atoms with Crippen molar-refractivity contribution in [3.63, 3.8) is 0 Å². The molecule has 0 unspecified atom stereocenters. The summed E-state index contributed by atoms with van der Waals surface area (Å²) in [6.07, 6.45) is 0.272. The minimum Gasteiger partial charge on any atom is -0.492 e. The predicted molar refractivity (Wildman–Crippen MR) is 82.7 cm³/mol. The Kier molecular flexibility index (Phi) is 4.93. The molecule has 0 atom stereocenters. The third kappa shape index (κ3) is 3.60. The number of hydrogen-bond donors (Lipinski definition) is 1. The molecule has 1 N–H and O–H groups in total. The fraction of sp³-hybridized carbons (Fsp3) is 0.294. The maximum absolute atomic E-state index is 11.8. The van der Waals surface area contributed by atoms with Gasteiger partial charge in [0.2, 0.25) is 5.91 Å². The molecule has 0 spiro atoms. The SMILES string of the molecule is CCNC(=O)CCOc1c(C(C)=O)ccc2ccccc12. The summed E-state index contributed by atoms with van der Waals surface area (Å²) in [6.45, 7) is 4.24. The van der Waals surface area contributed by atoms with Crippen molar-refractivity contribution in [3.8, 4) is 5.75 Å². The van der Waals surface area contributed by atoms with Crippen LogP contribution in [0.3, 0.4) is 0 Å². The molecule has 4 nitrogen and oxygen atoms in total. The van der Waals surface area contributed by atoms with Gasteiger partial charge in [0.05, 0.1) is 18.6 Å². The number of carbonyl (C=O) groups excluding carboxylic acids is 2. The van der Waals surface area contributed by atoms with Crippen LogP contribution in [0.4, 0.5) is 0 Å². The van der Waals surface area contributed by atoms with Gasteiger partial charge in [-0.1, -0.05) is 30.3 Å². The molecule has 0 fully saturated rings. The highest BCUT2D eigenvalue weighted by Gasteiger charge is 2.13. The first-order valence-electron chi connectivity index (χ1n) is 7.05. The third-order valence-corrected chi connectivity index (χ3v) is 3.21. The first kappa shape index (κ1) is 15.0. The van der Waals surface area contributed by atoms with Crippen molar-refractivity contribution in [2.75, 3.05) is 13.2 Å². The quantitative estimate of drug-likeness (QED) is 0.830. The number of hydrogen-bond acceptors (Lipinski definition) is 3. The van der Waals surface area contributed by atoms with Gasteiger partial charge < -0.3 is 10.1 Å². The number of ether oxygens (including phenoxy) is 1. The number of nitrogens with one attached hydrogen (secondary N) is 1. The van der Waals surface area contributed by atoms with Crippen LogP contribution < -0.4 is 10.1 Å². The Bertz CT molecular complexity index is 664. The van der Waals surface area contributed by atoms with Crippen molar-refractivity contribution in [2.45, 2.75) is 20.3 Å². The van der Waals surface area contributed by atoms with Crippen molar-refractivity contribution in [1.82, 2.24) is 5.32 Å². The Morgan fingerprint density at radius 3 is 2.62 bits per heavy atom. The highest BCUT2D eigenvalue weighted by molar-refractivity contribution is 6.03. The molecule has 2 rings (SSSR count). The summed E-state index contributed by atoms with van der Waals surface area (Å²) in [6, 6.07) is 11.4. The van der Waals surface area contributed by atoms with E-state index in [0.717, 1.165) is 10.8 Å². The van der Waals surface area contributed by atoms with Gasteiger partial charge in [-0.15, -0.1) is 0 Å². The van der Waals surface area contributed by atoms with Crippen LogP contribution in [0.1, 0.15) is 30.6 Å². The molecule has 0 aromatic heterocycles. The van der Waals surface area contributed by atoms with Crippen molar-refractivity contribution < 1.29 is 14.3 Å². The van der Waals surface area contributed by atoms with Crippen LogP contribution in [0.25, 0.3) is 10.8 Å². The normalized spacial score (nSPS) is 10.4. The smallest absolute Gasteiger partial charge is 0.223 e. The number of benzene rings is 2. The molecule has 2 aromatic rings. The van der Waals surface area contributed by atoms with E-state index in [1.165, 1.54) is 6.92 Å². The maximum Gasteiger partial charge on any atom is 0.223 e. The lowest BCUT2D eigenvalue weighted by atomic mass is 10.0. The van der Waals surface area contributed by atoms with E-state index in [-0.39, 0.29) is 24.7 Å². The van der Waals surface area contributed by atoms with Gasteiger partial charge >= 0.3 is 0 Å².